The molecule has 49 heavy (non-hydrogen) atoms. The Hall–Kier alpha value is -3.94. The number of carbonyl (C=O) groups is 6. The average Bonchev–Trinajstić information content (AvgIpc) is 3.65. The molecule has 6 rings (SSSR count). The Kier molecular flexibility index (Phi) is 8.04. The summed E-state index contributed by atoms with van der Waals surface area (Å²) in [6.07, 6.45) is -2.41. The number of carbonyl (C=O) groups excluding carboxylic acids is 6. The first-order valence-corrected chi connectivity index (χ1v) is 16.5. The largest absolute Gasteiger partial charge is 0.472 e. The number of hydrogen-bond acceptors (Lipinski definition) is 14. The molecule has 0 radical (unpaired) electrons. The molecule has 1 aromatic heterocycles. The topological polar surface area (TPSA) is 191 Å². The van der Waals surface area contributed by atoms with Crippen molar-refractivity contribution in [1.82, 2.24) is 0 Å². The van der Waals surface area contributed by atoms with Crippen molar-refractivity contribution in [2.24, 2.45) is 39.9 Å². The molecule has 1 aromatic rings. The number of furan rings is 1. The zero-order chi connectivity index (χ0) is 36.1. The van der Waals surface area contributed by atoms with E-state index in [1.54, 1.807) is 13.0 Å². The lowest BCUT2D eigenvalue weighted by Gasteiger charge is -2.72. The summed E-state index contributed by atoms with van der Waals surface area (Å²) in [5.74, 6) is -7.99. The molecule has 0 spiro atoms. The molecular weight excluding hydrogens is 644 g/mol. The second-order valence-corrected chi connectivity index (χ2v) is 15.2. The van der Waals surface area contributed by atoms with Crippen LogP contribution in [0.3, 0.4) is 0 Å². The molecule has 5 aliphatic rings. The summed E-state index contributed by atoms with van der Waals surface area (Å²) < 4.78 is 41.0. The molecular formula is C35H44O14. The Balaban J connectivity index is 1.69. The van der Waals surface area contributed by atoms with Gasteiger partial charge >= 0.3 is 35.8 Å². The Morgan fingerprint density at radius 3 is 2.10 bits per heavy atom. The van der Waals surface area contributed by atoms with Crippen molar-refractivity contribution in [1.29, 1.82) is 0 Å². The van der Waals surface area contributed by atoms with Crippen LogP contribution < -0.4 is 0 Å². The summed E-state index contributed by atoms with van der Waals surface area (Å²) in [5, 5.41) is 13.7. The molecule has 2 heterocycles. The molecule has 13 atom stereocenters. The fourth-order valence-corrected chi connectivity index (χ4v) is 11.6. The van der Waals surface area contributed by atoms with Crippen LogP contribution in [-0.4, -0.2) is 77.5 Å². The van der Waals surface area contributed by atoms with Gasteiger partial charge in [-0.05, 0) is 24.8 Å². The highest BCUT2D eigenvalue weighted by molar-refractivity contribution is 5.74. The second-order valence-electron chi connectivity index (χ2n) is 15.2. The van der Waals surface area contributed by atoms with Crippen molar-refractivity contribution in [2.75, 3.05) is 7.11 Å². The molecule has 5 fully saturated rings. The maximum absolute atomic E-state index is 13.7. The van der Waals surface area contributed by atoms with E-state index < -0.39 is 111 Å². The third-order valence-electron chi connectivity index (χ3n) is 13.0. The van der Waals surface area contributed by atoms with Gasteiger partial charge in [0.25, 0.3) is 0 Å². The van der Waals surface area contributed by atoms with E-state index in [-0.39, 0.29) is 25.7 Å². The molecule has 1 aliphatic heterocycles. The summed E-state index contributed by atoms with van der Waals surface area (Å²) in [5.41, 5.74) is -6.92. The van der Waals surface area contributed by atoms with Gasteiger partial charge in [-0.25, -0.2) is 0 Å². The van der Waals surface area contributed by atoms with Crippen molar-refractivity contribution < 1.29 is 66.7 Å². The molecule has 268 valence electrons. The summed E-state index contributed by atoms with van der Waals surface area (Å²) >= 11 is 0. The van der Waals surface area contributed by atoms with E-state index in [0.29, 0.717) is 5.56 Å². The Morgan fingerprint density at radius 1 is 0.918 bits per heavy atom. The number of aliphatic hydroxyl groups is 1. The van der Waals surface area contributed by atoms with Crippen LogP contribution >= 0.6 is 0 Å². The maximum atomic E-state index is 13.7. The Morgan fingerprint density at radius 2 is 1.55 bits per heavy atom. The van der Waals surface area contributed by atoms with E-state index in [1.165, 1.54) is 47.3 Å². The summed E-state index contributed by atoms with van der Waals surface area (Å²) in [7, 11) is 1.24. The first-order chi connectivity index (χ1) is 22.8. The third kappa shape index (κ3) is 4.54. The lowest BCUT2D eigenvalue weighted by Crippen LogP contribution is -2.83. The molecule has 0 unspecified atom stereocenters. The normalized spacial score (nSPS) is 44.5. The van der Waals surface area contributed by atoms with Gasteiger partial charge in [0.05, 0.1) is 37.4 Å². The number of fused-ring (bicyclic) bond motifs is 5. The molecule has 14 heteroatoms. The molecule has 4 saturated carbocycles. The first kappa shape index (κ1) is 34.9. The van der Waals surface area contributed by atoms with Gasteiger partial charge in [-0.15, -0.1) is 0 Å². The SMILES string of the molecule is COC(=O)C[C@H]1[C@@]2(C)C[C@@]3(OC(C)=O)[C@H]([C@H]2OC(C)=O)[C@@H](OC(C)=O)[C@]2(O)[C@@H]4CC(=O)O[C@@H](c5ccoc5)[C@]4(C)[C@@H](OC(C)=O)C[C@@H]2[C@]13C. The average molecular weight is 689 g/mol. The quantitative estimate of drug-likeness (QED) is 0.325. The zero-order valence-corrected chi connectivity index (χ0v) is 28.9. The predicted octanol–water partition coefficient (Wildman–Crippen LogP) is 2.98. The van der Waals surface area contributed by atoms with Gasteiger partial charge in [0.2, 0.25) is 0 Å². The lowest BCUT2D eigenvalue weighted by atomic mass is 9.36. The van der Waals surface area contributed by atoms with E-state index >= 15 is 0 Å². The minimum Gasteiger partial charge on any atom is -0.472 e. The zero-order valence-electron chi connectivity index (χ0n) is 28.9. The highest BCUT2D eigenvalue weighted by Crippen LogP contribution is 2.82. The maximum Gasteiger partial charge on any atom is 0.306 e. The van der Waals surface area contributed by atoms with Gasteiger partial charge in [-0.2, -0.15) is 0 Å². The van der Waals surface area contributed by atoms with Gasteiger partial charge in [-0.3, -0.25) is 28.8 Å². The fourth-order valence-electron chi connectivity index (χ4n) is 11.6. The molecule has 4 aliphatic carbocycles. The molecule has 0 aromatic carbocycles. The Labute approximate surface area is 283 Å². The molecule has 14 nitrogen and oxygen atoms in total. The van der Waals surface area contributed by atoms with Gasteiger partial charge in [-0.1, -0.05) is 20.8 Å². The van der Waals surface area contributed by atoms with Crippen LogP contribution in [0.15, 0.2) is 23.0 Å². The third-order valence-corrected chi connectivity index (χ3v) is 13.0. The van der Waals surface area contributed by atoms with Gasteiger partial charge in [0, 0.05) is 62.3 Å². The number of rotatable bonds is 7. The molecule has 1 N–H and O–H groups in total. The number of methoxy groups -OCH3 is 1. The molecule has 2 bridgehead atoms. The van der Waals surface area contributed by atoms with E-state index in [4.69, 9.17) is 32.8 Å². The van der Waals surface area contributed by atoms with Crippen molar-refractivity contribution in [3.8, 4) is 0 Å². The van der Waals surface area contributed by atoms with E-state index in [9.17, 15) is 33.9 Å². The summed E-state index contributed by atoms with van der Waals surface area (Å²) in [4.78, 5) is 78.5. The standard InChI is InChI=1S/C35H44O14/c1-16(36)45-24-11-23-33(7)21(12-25(40)43-8)31(5)15-34(33,49-19(4)39)27(29(31)46-17(2)37)30(47-18(3)38)35(23,42)22-13-26(41)48-28(32(22,24)6)20-9-10-44-14-20/h9-10,14,21-24,27-30,42H,11-13,15H2,1-8H3/t21-,22+,23+,24-,27+,28-,29+,30+,31+,32-,33-,34+,35-/m0/s1. The molecule has 1 saturated heterocycles. The van der Waals surface area contributed by atoms with Crippen LogP contribution in [0.5, 0.6) is 0 Å². The minimum absolute atomic E-state index is 0.0645. The Bertz CT molecular complexity index is 1590. The highest BCUT2D eigenvalue weighted by atomic mass is 16.6. The number of hydrogen-bond donors (Lipinski definition) is 1. The smallest absolute Gasteiger partial charge is 0.306 e. The van der Waals surface area contributed by atoms with Crippen LogP contribution in [-0.2, 0) is 57.2 Å². The summed E-state index contributed by atoms with van der Waals surface area (Å²) in [6, 6.07) is 1.61. The van der Waals surface area contributed by atoms with E-state index in [2.05, 4.69) is 0 Å². The lowest BCUT2D eigenvalue weighted by molar-refractivity contribution is -0.365. The van der Waals surface area contributed by atoms with Crippen molar-refractivity contribution >= 4 is 35.8 Å². The van der Waals surface area contributed by atoms with Crippen LogP contribution in [0.4, 0.5) is 0 Å². The van der Waals surface area contributed by atoms with Crippen LogP contribution in [0.1, 0.15) is 85.8 Å². The summed E-state index contributed by atoms with van der Waals surface area (Å²) in [6.45, 7) is 10.3. The second kappa shape index (κ2) is 11.3. The van der Waals surface area contributed by atoms with E-state index in [0.717, 1.165) is 0 Å². The highest BCUT2D eigenvalue weighted by Gasteiger charge is 2.91. The fraction of sp³-hybridized carbons (Fsp3) is 0.714. The number of ether oxygens (including phenoxy) is 6. The van der Waals surface area contributed by atoms with Gasteiger partial charge in [0.1, 0.15) is 35.6 Å². The minimum atomic E-state index is -2.11. The van der Waals surface area contributed by atoms with Gasteiger partial charge in [0.15, 0.2) is 0 Å². The van der Waals surface area contributed by atoms with Gasteiger partial charge < -0.3 is 37.9 Å². The van der Waals surface area contributed by atoms with E-state index in [1.807, 2.05) is 13.8 Å². The van der Waals surface area contributed by atoms with Crippen molar-refractivity contribution in [3.05, 3.63) is 24.2 Å². The molecule has 0 amide bonds. The van der Waals surface area contributed by atoms with Crippen molar-refractivity contribution in [3.63, 3.8) is 0 Å². The van der Waals surface area contributed by atoms with Crippen LogP contribution in [0.25, 0.3) is 0 Å². The first-order valence-electron chi connectivity index (χ1n) is 16.5. The predicted molar refractivity (Wildman–Crippen MR) is 162 cm³/mol. The number of cyclic esters (lactones) is 1. The van der Waals surface area contributed by atoms with Crippen molar-refractivity contribution in [2.45, 2.75) is 110 Å². The monoisotopic (exact) mass is 688 g/mol. The van der Waals surface area contributed by atoms with Crippen LogP contribution in [0, 0.1) is 39.9 Å². The number of esters is 6. The van der Waals surface area contributed by atoms with Crippen LogP contribution in [0.2, 0.25) is 0 Å².